The van der Waals surface area contributed by atoms with Gasteiger partial charge in [0, 0.05) is 12.6 Å². The number of carbonyl (C=O) groups is 1. The lowest BCUT2D eigenvalue weighted by molar-refractivity contribution is -0.385. The minimum atomic E-state index is -0.588. The van der Waals surface area contributed by atoms with Crippen molar-refractivity contribution in [3.05, 3.63) is 69.8 Å². The van der Waals surface area contributed by atoms with Crippen LogP contribution in [0, 0.1) is 10.1 Å². The lowest BCUT2D eigenvalue weighted by atomic mass is 10.1. The zero-order valence-corrected chi connectivity index (χ0v) is 10.4. The second kappa shape index (κ2) is 5.83. The molecule has 0 radical (unpaired) electrons. The number of benzene rings is 2. The predicted octanol–water partition coefficient (Wildman–Crippen LogP) is 2.23. The Kier molecular flexibility index (Phi) is 3.95. The molecule has 2 aromatic rings. The molecule has 102 valence electrons. The van der Waals surface area contributed by atoms with E-state index in [1.807, 2.05) is 0 Å². The van der Waals surface area contributed by atoms with Crippen LogP contribution in [0.2, 0.25) is 0 Å². The summed E-state index contributed by atoms with van der Waals surface area (Å²) in [5, 5.41) is 22.6. The zero-order valence-electron chi connectivity index (χ0n) is 10.4. The van der Waals surface area contributed by atoms with Gasteiger partial charge in [-0.2, -0.15) is 0 Å². The summed E-state index contributed by atoms with van der Waals surface area (Å²) in [5.41, 5.74) is 0.585. The molecule has 0 saturated heterocycles. The maximum absolute atomic E-state index is 11.9. The van der Waals surface area contributed by atoms with Crippen LogP contribution in [0.25, 0.3) is 0 Å². The molecule has 0 aromatic heterocycles. The van der Waals surface area contributed by atoms with E-state index in [1.165, 1.54) is 30.3 Å². The highest BCUT2D eigenvalue weighted by Gasteiger charge is 2.18. The summed E-state index contributed by atoms with van der Waals surface area (Å²) in [6.45, 7) is 0.227. The Hall–Kier alpha value is -2.89. The first kappa shape index (κ1) is 13.5. The van der Waals surface area contributed by atoms with Crippen LogP contribution < -0.4 is 5.32 Å². The number of phenolic OH excluding ortho intramolecular Hbond substituents is 1. The average molecular weight is 272 g/mol. The Morgan fingerprint density at radius 2 is 1.80 bits per heavy atom. The molecule has 0 unspecified atom stereocenters. The second-order valence-electron chi connectivity index (χ2n) is 4.12. The first-order valence-electron chi connectivity index (χ1n) is 5.87. The van der Waals surface area contributed by atoms with E-state index < -0.39 is 10.8 Å². The van der Waals surface area contributed by atoms with Crippen LogP contribution in [-0.4, -0.2) is 15.9 Å². The normalized spacial score (nSPS) is 10.0. The lowest BCUT2D eigenvalue weighted by Crippen LogP contribution is -2.23. The highest BCUT2D eigenvalue weighted by Crippen LogP contribution is 2.17. The highest BCUT2D eigenvalue weighted by molar-refractivity contribution is 5.98. The third-order valence-corrected chi connectivity index (χ3v) is 2.73. The second-order valence-corrected chi connectivity index (χ2v) is 4.12. The van der Waals surface area contributed by atoms with E-state index in [0.29, 0.717) is 0 Å². The first-order chi connectivity index (χ1) is 9.58. The van der Waals surface area contributed by atoms with Gasteiger partial charge in [-0.15, -0.1) is 0 Å². The maximum Gasteiger partial charge on any atom is 0.282 e. The SMILES string of the molecule is O=C(NCc1ccc(O)cc1)c1ccccc1[N+](=O)[O-]. The van der Waals surface area contributed by atoms with Gasteiger partial charge < -0.3 is 10.4 Å². The van der Waals surface area contributed by atoms with Gasteiger partial charge in [0.2, 0.25) is 0 Å². The number of nitro benzene ring substituents is 1. The molecule has 0 aliphatic rings. The molecule has 6 heteroatoms. The number of hydrogen-bond donors (Lipinski definition) is 2. The molecule has 1 amide bonds. The first-order valence-corrected chi connectivity index (χ1v) is 5.87. The third kappa shape index (κ3) is 3.11. The molecule has 0 spiro atoms. The minimum Gasteiger partial charge on any atom is -0.508 e. The smallest absolute Gasteiger partial charge is 0.282 e. The van der Waals surface area contributed by atoms with E-state index in [1.54, 1.807) is 18.2 Å². The number of nitrogens with one attached hydrogen (secondary N) is 1. The van der Waals surface area contributed by atoms with Crippen molar-refractivity contribution in [2.24, 2.45) is 0 Å². The Morgan fingerprint density at radius 1 is 1.15 bits per heavy atom. The molecule has 0 fully saturated rings. The Labute approximate surface area is 114 Å². The molecule has 0 atom stereocenters. The molecule has 0 saturated carbocycles. The van der Waals surface area contributed by atoms with E-state index in [-0.39, 0.29) is 23.5 Å². The number of phenols is 1. The molecule has 2 aromatic carbocycles. The molecular weight excluding hydrogens is 260 g/mol. The summed E-state index contributed by atoms with van der Waals surface area (Å²) in [4.78, 5) is 22.2. The van der Waals surface area contributed by atoms with Crippen LogP contribution in [0.4, 0.5) is 5.69 Å². The minimum absolute atomic E-state index is 0.0243. The summed E-state index contributed by atoms with van der Waals surface area (Å²) in [7, 11) is 0. The molecular formula is C14H12N2O4. The largest absolute Gasteiger partial charge is 0.508 e. The molecule has 0 aliphatic heterocycles. The fourth-order valence-electron chi connectivity index (χ4n) is 1.72. The van der Waals surface area contributed by atoms with Crippen molar-refractivity contribution in [1.29, 1.82) is 0 Å². The summed E-state index contributed by atoms with van der Waals surface area (Å²) in [5.74, 6) is -0.371. The average Bonchev–Trinajstić information content (AvgIpc) is 2.46. The number of rotatable bonds is 4. The quantitative estimate of drug-likeness (QED) is 0.659. The summed E-state index contributed by atoms with van der Waals surface area (Å²) in [6.07, 6.45) is 0. The van der Waals surface area contributed by atoms with Gasteiger partial charge in [0.05, 0.1) is 4.92 Å². The van der Waals surface area contributed by atoms with Crippen LogP contribution in [0.5, 0.6) is 5.75 Å². The summed E-state index contributed by atoms with van der Waals surface area (Å²) >= 11 is 0. The van der Waals surface area contributed by atoms with E-state index in [0.717, 1.165) is 5.56 Å². The van der Waals surface area contributed by atoms with Crippen molar-refractivity contribution >= 4 is 11.6 Å². The molecule has 2 rings (SSSR count). The maximum atomic E-state index is 11.9. The van der Waals surface area contributed by atoms with Crippen LogP contribution in [0.15, 0.2) is 48.5 Å². The molecule has 20 heavy (non-hydrogen) atoms. The van der Waals surface area contributed by atoms with Crippen molar-refractivity contribution in [3.8, 4) is 5.75 Å². The fraction of sp³-hybridized carbons (Fsp3) is 0.0714. The standard InChI is InChI=1S/C14H12N2O4/c17-11-7-5-10(6-8-11)9-15-14(18)12-3-1-2-4-13(12)16(19)20/h1-8,17H,9H2,(H,15,18). The van der Waals surface area contributed by atoms with Crippen molar-refractivity contribution in [2.45, 2.75) is 6.54 Å². The zero-order chi connectivity index (χ0) is 14.5. The van der Waals surface area contributed by atoms with Crippen LogP contribution in [0.3, 0.4) is 0 Å². The van der Waals surface area contributed by atoms with Crippen molar-refractivity contribution in [1.82, 2.24) is 5.32 Å². The topological polar surface area (TPSA) is 92.5 Å². The number of nitrogens with zero attached hydrogens (tertiary/aromatic N) is 1. The van der Waals surface area contributed by atoms with Crippen molar-refractivity contribution in [2.75, 3.05) is 0 Å². The summed E-state index contributed by atoms with van der Waals surface area (Å²) < 4.78 is 0. The van der Waals surface area contributed by atoms with Crippen molar-refractivity contribution in [3.63, 3.8) is 0 Å². The molecule has 0 heterocycles. The molecule has 6 nitrogen and oxygen atoms in total. The van der Waals surface area contributed by atoms with E-state index in [9.17, 15) is 14.9 Å². The van der Waals surface area contributed by atoms with Crippen molar-refractivity contribution < 1.29 is 14.8 Å². The van der Waals surface area contributed by atoms with Gasteiger partial charge >= 0.3 is 0 Å². The third-order valence-electron chi connectivity index (χ3n) is 2.73. The number of aromatic hydroxyl groups is 1. The Morgan fingerprint density at radius 3 is 2.45 bits per heavy atom. The number of carbonyl (C=O) groups excluding carboxylic acids is 1. The van der Waals surface area contributed by atoms with Crippen LogP contribution in [0.1, 0.15) is 15.9 Å². The lowest BCUT2D eigenvalue weighted by Gasteiger charge is -2.06. The number of hydrogen-bond acceptors (Lipinski definition) is 4. The Bertz CT molecular complexity index is 638. The number of nitro groups is 1. The van der Waals surface area contributed by atoms with E-state index >= 15 is 0 Å². The molecule has 0 aliphatic carbocycles. The van der Waals surface area contributed by atoms with Gasteiger partial charge in [-0.3, -0.25) is 14.9 Å². The Balaban J connectivity index is 2.09. The van der Waals surface area contributed by atoms with E-state index in [4.69, 9.17) is 5.11 Å². The van der Waals surface area contributed by atoms with Gasteiger partial charge in [0.15, 0.2) is 0 Å². The number of para-hydroxylation sites is 1. The highest BCUT2D eigenvalue weighted by atomic mass is 16.6. The van der Waals surface area contributed by atoms with Crippen LogP contribution in [-0.2, 0) is 6.54 Å². The van der Waals surface area contributed by atoms with Gasteiger partial charge in [-0.1, -0.05) is 24.3 Å². The fourth-order valence-corrected chi connectivity index (χ4v) is 1.72. The molecule has 2 N–H and O–H groups in total. The number of amides is 1. The summed E-state index contributed by atoms with van der Waals surface area (Å²) in [6, 6.07) is 12.1. The van der Waals surface area contributed by atoms with E-state index in [2.05, 4.69) is 5.32 Å². The van der Waals surface area contributed by atoms with Crippen LogP contribution >= 0.6 is 0 Å². The molecule has 0 bridgehead atoms. The van der Waals surface area contributed by atoms with Gasteiger partial charge in [-0.25, -0.2) is 0 Å². The predicted molar refractivity (Wildman–Crippen MR) is 72.4 cm³/mol. The van der Waals surface area contributed by atoms with Gasteiger partial charge in [-0.05, 0) is 23.8 Å². The van der Waals surface area contributed by atoms with Gasteiger partial charge in [0.25, 0.3) is 11.6 Å². The van der Waals surface area contributed by atoms with Gasteiger partial charge in [0.1, 0.15) is 11.3 Å². The monoisotopic (exact) mass is 272 g/mol.